The van der Waals surface area contributed by atoms with Gasteiger partial charge in [0.05, 0.1) is 0 Å². The molecule has 4 heteroatoms. The molecule has 0 aromatic heterocycles. The summed E-state index contributed by atoms with van der Waals surface area (Å²) >= 11 is 3.43. The second kappa shape index (κ2) is 7.14. The van der Waals surface area contributed by atoms with Gasteiger partial charge in [0.25, 0.3) is 0 Å². The minimum atomic E-state index is -0.254. The summed E-state index contributed by atoms with van der Waals surface area (Å²) in [7, 11) is 0. The highest BCUT2D eigenvalue weighted by atomic mass is 79.9. The maximum absolute atomic E-state index is 13.4. The summed E-state index contributed by atoms with van der Waals surface area (Å²) in [5, 5.41) is 3.19. The Kier molecular flexibility index (Phi) is 5.24. The quantitative estimate of drug-likeness (QED) is 0.802. The van der Waals surface area contributed by atoms with Crippen LogP contribution in [0.1, 0.15) is 11.1 Å². The molecule has 1 N–H and O–H groups in total. The first-order valence-corrected chi connectivity index (χ1v) is 7.23. The van der Waals surface area contributed by atoms with E-state index in [-0.39, 0.29) is 12.4 Å². The van der Waals surface area contributed by atoms with E-state index in [4.69, 9.17) is 11.2 Å². The van der Waals surface area contributed by atoms with E-state index in [1.807, 2.05) is 31.2 Å². The summed E-state index contributed by atoms with van der Waals surface area (Å²) < 4.78 is 19.8. The van der Waals surface area contributed by atoms with E-state index >= 15 is 0 Å². The molecule has 0 saturated heterocycles. The van der Waals surface area contributed by atoms with Crippen LogP contribution in [0.5, 0.6) is 5.75 Å². The van der Waals surface area contributed by atoms with Crippen LogP contribution >= 0.6 is 15.9 Å². The van der Waals surface area contributed by atoms with Crippen LogP contribution in [0.4, 0.5) is 10.1 Å². The highest BCUT2D eigenvalue weighted by Gasteiger charge is 2.05. The number of ether oxygens (including phenoxy) is 1. The van der Waals surface area contributed by atoms with Gasteiger partial charge < -0.3 is 10.1 Å². The number of terminal acetylenes is 1. The molecule has 0 aliphatic rings. The van der Waals surface area contributed by atoms with Crippen molar-refractivity contribution in [2.24, 2.45) is 0 Å². The number of rotatable bonds is 5. The van der Waals surface area contributed by atoms with Gasteiger partial charge in [-0.15, -0.1) is 6.42 Å². The van der Waals surface area contributed by atoms with Crippen molar-refractivity contribution in [3.8, 4) is 18.1 Å². The third-order valence-corrected chi connectivity index (χ3v) is 3.35. The van der Waals surface area contributed by atoms with Crippen LogP contribution < -0.4 is 10.1 Å². The molecule has 21 heavy (non-hydrogen) atoms. The molecule has 2 aromatic carbocycles. The predicted octanol–water partition coefficient (Wildman–Crippen LogP) is 4.52. The Morgan fingerprint density at radius 1 is 1.29 bits per heavy atom. The predicted molar refractivity (Wildman–Crippen MR) is 86.9 cm³/mol. The molecule has 0 heterocycles. The molecular weight excluding hydrogens is 333 g/mol. The number of anilines is 1. The first kappa shape index (κ1) is 15.4. The van der Waals surface area contributed by atoms with E-state index in [9.17, 15) is 4.39 Å². The van der Waals surface area contributed by atoms with E-state index in [1.165, 1.54) is 12.1 Å². The topological polar surface area (TPSA) is 21.3 Å². The first-order valence-electron chi connectivity index (χ1n) is 6.44. The lowest BCUT2D eigenvalue weighted by atomic mass is 10.1. The van der Waals surface area contributed by atoms with Gasteiger partial charge in [0.2, 0.25) is 0 Å². The van der Waals surface area contributed by atoms with Crippen LogP contribution in [-0.2, 0) is 6.54 Å². The standard InChI is InChI=1S/C17H15BrFNO/c1-3-6-21-17-5-4-14(18)9-13(17)11-20-16-8-12(2)7-15(19)10-16/h1,4-5,7-10,20H,6,11H2,2H3. The van der Waals surface area contributed by atoms with Crippen LogP contribution in [0.3, 0.4) is 0 Å². The monoisotopic (exact) mass is 347 g/mol. The van der Waals surface area contributed by atoms with Crippen molar-refractivity contribution >= 4 is 21.6 Å². The van der Waals surface area contributed by atoms with Gasteiger partial charge in [0.1, 0.15) is 18.2 Å². The van der Waals surface area contributed by atoms with E-state index in [0.29, 0.717) is 6.54 Å². The molecule has 0 radical (unpaired) electrons. The average Bonchev–Trinajstić information content (AvgIpc) is 2.43. The smallest absolute Gasteiger partial charge is 0.148 e. The number of halogens is 2. The zero-order valence-corrected chi connectivity index (χ0v) is 13.2. The van der Waals surface area contributed by atoms with Gasteiger partial charge in [0, 0.05) is 22.3 Å². The van der Waals surface area contributed by atoms with Crippen molar-refractivity contribution in [2.75, 3.05) is 11.9 Å². The average molecular weight is 348 g/mol. The molecule has 2 aromatic rings. The molecule has 2 nitrogen and oxygen atoms in total. The second-order valence-corrected chi connectivity index (χ2v) is 5.53. The van der Waals surface area contributed by atoms with Crippen molar-refractivity contribution in [1.82, 2.24) is 0 Å². The van der Waals surface area contributed by atoms with E-state index in [2.05, 4.69) is 27.2 Å². The van der Waals surface area contributed by atoms with Gasteiger partial charge in [-0.3, -0.25) is 0 Å². The lowest BCUT2D eigenvalue weighted by Crippen LogP contribution is -2.04. The summed E-state index contributed by atoms with van der Waals surface area (Å²) in [6.07, 6.45) is 5.21. The minimum absolute atomic E-state index is 0.216. The molecule has 2 rings (SSSR count). The fourth-order valence-corrected chi connectivity index (χ4v) is 2.39. The van der Waals surface area contributed by atoms with E-state index < -0.39 is 0 Å². The number of hydrogen-bond acceptors (Lipinski definition) is 2. The molecule has 0 amide bonds. The van der Waals surface area contributed by atoms with Crippen molar-refractivity contribution in [3.63, 3.8) is 0 Å². The fourth-order valence-electron chi connectivity index (χ4n) is 1.98. The molecular formula is C17H15BrFNO. The van der Waals surface area contributed by atoms with Crippen molar-refractivity contribution in [2.45, 2.75) is 13.5 Å². The maximum atomic E-state index is 13.4. The fraction of sp³-hybridized carbons (Fsp3) is 0.176. The molecule has 0 atom stereocenters. The highest BCUT2D eigenvalue weighted by molar-refractivity contribution is 9.10. The maximum Gasteiger partial charge on any atom is 0.148 e. The molecule has 0 aliphatic heterocycles. The van der Waals surface area contributed by atoms with Gasteiger partial charge >= 0.3 is 0 Å². The largest absolute Gasteiger partial charge is 0.481 e. The molecule has 0 aliphatic carbocycles. The van der Waals surface area contributed by atoms with Gasteiger partial charge in [0.15, 0.2) is 0 Å². The van der Waals surface area contributed by atoms with Crippen molar-refractivity contribution < 1.29 is 9.13 Å². The summed E-state index contributed by atoms with van der Waals surface area (Å²) in [5.41, 5.74) is 2.55. The Balaban J connectivity index is 2.15. The summed E-state index contributed by atoms with van der Waals surface area (Å²) in [6.45, 7) is 2.59. The van der Waals surface area contributed by atoms with Gasteiger partial charge in [-0.25, -0.2) is 4.39 Å². The zero-order chi connectivity index (χ0) is 15.2. The Labute approximate surface area is 132 Å². The van der Waals surface area contributed by atoms with Gasteiger partial charge in [-0.05, 0) is 48.9 Å². The number of nitrogens with one attached hydrogen (secondary N) is 1. The molecule has 0 bridgehead atoms. The SMILES string of the molecule is C#CCOc1ccc(Br)cc1CNc1cc(C)cc(F)c1. The van der Waals surface area contributed by atoms with Crippen LogP contribution in [0.2, 0.25) is 0 Å². The Bertz CT molecular complexity index is 659. The Morgan fingerprint density at radius 3 is 2.81 bits per heavy atom. The number of hydrogen-bond donors (Lipinski definition) is 1. The lowest BCUT2D eigenvalue weighted by molar-refractivity contribution is 0.366. The van der Waals surface area contributed by atoms with Crippen LogP contribution in [0, 0.1) is 25.1 Å². The van der Waals surface area contributed by atoms with Crippen LogP contribution in [0.15, 0.2) is 40.9 Å². The van der Waals surface area contributed by atoms with E-state index in [1.54, 1.807) is 0 Å². The molecule has 108 valence electrons. The summed E-state index contributed by atoms with van der Waals surface area (Å²) in [6, 6.07) is 10.5. The first-order chi connectivity index (χ1) is 10.1. The van der Waals surface area contributed by atoms with E-state index in [0.717, 1.165) is 27.0 Å². The molecule has 0 unspecified atom stereocenters. The molecule has 0 saturated carbocycles. The molecule has 0 fully saturated rings. The lowest BCUT2D eigenvalue weighted by Gasteiger charge is -2.12. The number of benzene rings is 2. The highest BCUT2D eigenvalue weighted by Crippen LogP contribution is 2.24. The number of aryl methyl sites for hydroxylation is 1. The minimum Gasteiger partial charge on any atom is -0.481 e. The Morgan fingerprint density at radius 2 is 2.10 bits per heavy atom. The van der Waals surface area contributed by atoms with Crippen molar-refractivity contribution in [1.29, 1.82) is 0 Å². The van der Waals surface area contributed by atoms with Crippen LogP contribution in [-0.4, -0.2) is 6.61 Å². The summed E-state index contributed by atoms with van der Waals surface area (Å²) in [4.78, 5) is 0. The molecule has 0 spiro atoms. The second-order valence-electron chi connectivity index (χ2n) is 4.62. The third kappa shape index (κ3) is 4.51. The normalized spacial score (nSPS) is 10.0. The van der Waals surface area contributed by atoms with Gasteiger partial charge in [-0.2, -0.15) is 0 Å². The summed E-state index contributed by atoms with van der Waals surface area (Å²) in [5.74, 6) is 2.91. The van der Waals surface area contributed by atoms with Crippen LogP contribution in [0.25, 0.3) is 0 Å². The van der Waals surface area contributed by atoms with Gasteiger partial charge in [-0.1, -0.05) is 21.9 Å². The third-order valence-electron chi connectivity index (χ3n) is 2.86. The zero-order valence-electron chi connectivity index (χ0n) is 11.6. The Hall–Kier alpha value is -1.99. The van der Waals surface area contributed by atoms with Crippen molar-refractivity contribution in [3.05, 3.63) is 57.8 Å².